The standard InChI is InChI=1S/C19H26N4O2.ClH/c1-19(2,3)13-4-6-14(7-5-13)25-11-10-21-18(24)17-15-12-20-9-8-16(15)22-23-17;/h4-7,20H,8-12H2,1-3H3,(H,21,24)(H,22,23);1H. The second kappa shape index (κ2) is 8.56. The van der Waals surface area contributed by atoms with Crippen molar-refractivity contribution in [3.05, 3.63) is 46.8 Å². The molecule has 0 fully saturated rings. The molecule has 0 spiro atoms. The van der Waals surface area contributed by atoms with E-state index in [1.165, 1.54) is 5.56 Å². The van der Waals surface area contributed by atoms with E-state index in [2.05, 4.69) is 53.7 Å². The highest BCUT2D eigenvalue weighted by atomic mass is 35.5. The van der Waals surface area contributed by atoms with Crippen LogP contribution in [0.1, 0.15) is 48.1 Å². The van der Waals surface area contributed by atoms with Crippen molar-refractivity contribution in [1.29, 1.82) is 0 Å². The SMILES string of the molecule is CC(C)(C)c1ccc(OCCNC(=O)c2n[nH]c3c2CNCC3)cc1.Cl. The van der Waals surface area contributed by atoms with Crippen molar-refractivity contribution in [2.24, 2.45) is 0 Å². The maximum atomic E-state index is 12.3. The minimum absolute atomic E-state index is 0. The number of nitrogens with zero attached hydrogens (tertiary/aromatic N) is 1. The zero-order chi connectivity index (χ0) is 17.9. The maximum absolute atomic E-state index is 12.3. The Morgan fingerprint density at radius 3 is 2.69 bits per heavy atom. The van der Waals surface area contributed by atoms with Crippen LogP contribution in [0, 0.1) is 0 Å². The Bertz CT molecular complexity index is 735. The first-order chi connectivity index (χ1) is 11.9. The minimum Gasteiger partial charge on any atom is -0.492 e. The summed E-state index contributed by atoms with van der Waals surface area (Å²) < 4.78 is 5.70. The van der Waals surface area contributed by atoms with Crippen molar-refractivity contribution in [2.75, 3.05) is 19.7 Å². The number of carbonyl (C=O) groups is 1. The summed E-state index contributed by atoms with van der Waals surface area (Å²) in [7, 11) is 0. The number of amides is 1. The molecule has 6 nitrogen and oxygen atoms in total. The van der Waals surface area contributed by atoms with Gasteiger partial charge in [-0.1, -0.05) is 32.9 Å². The molecule has 1 aromatic heterocycles. The molecular formula is C19H27ClN4O2. The Hall–Kier alpha value is -2.05. The number of hydrogen-bond acceptors (Lipinski definition) is 4. The summed E-state index contributed by atoms with van der Waals surface area (Å²) in [6.45, 7) is 9.01. The molecule has 1 aliphatic rings. The van der Waals surface area contributed by atoms with Crippen LogP contribution in [0.25, 0.3) is 0 Å². The first kappa shape index (κ1) is 20.3. The van der Waals surface area contributed by atoms with Gasteiger partial charge in [0.05, 0.1) is 6.54 Å². The van der Waals surface area contributed by atoms with E-state index < -0.39 is 0 Å². The van der Waals surface area contributed by atoms with Gasteiger partial charge in [-0.15, -0.1) is 12.4 Å². The largest absolute Gasteiger partial charge is 0.492 e. The summed E-state index contributed by atoms with van der Waals surface area (Å²) in [5.74, 6) is 0.650. The molecular weight excluding hydrogens is 352 g/mol. The number of aromatic amines is 1. The van der Waals surface area contributed by atoms with Crippen molar-refractivity contribution >= 4 is 18.3 Å². The lowest BCUT2D eigenvalue weighted by Gasteiger charge is -2.19. The normalized spacial score (nSPS) is 13.5. The molecule has 0 radical (unpaired) electrons. The minimum atomic E-state index is -0.159. The van der Waals surface area contributed by atoms with Gasteiger partial charge in [0.1, 0.15) is 12.4 Å². The molecule has 0 atom stereocenters. The molecule has 142 valence electrons. The quantitative estimate of drug-likeness (QED) is 0.699. The lowest BCUT2D eigenvalue weighted by molar-refractivity contribution is 0.0941. The van der Waals surface area contributed by atoms with E-state index in [9.17, 15) is 4.79 Å². The van der Waals surface area contributed by atoms with Crippen LogP contribution in [0.15, 0.2) is 24.3 Å². The molecule has 1 aromatic carbocycles. The Kier molecular flexibility index (Phi) is 6.67. The number of rotatable bonds is 5. The molecule has 1 amide bonds. The fourth-order valence-corrected chi connectivity index (χ4v) is 2.88. The van der Waals surface area contributed by atoms with Crippen LogP contribution in [0.4, 0.5) is 0 Å². The van der Waals surface area contributed by atoms with Gasteiger partial charge in [0, 0.05) is 30.8 Å². The Morgan fingerprint density at radius 2 is 2.00 bits per heavy atom. The average molecular weight is 379 g/mol. The van der Waals surface area contributed by atoms with Crippen molar-refractivity contribution in [2.45, 2.75) is 39.2 Å². The number of benzene rings is 1. The topological polar surface area (TPSA) is 79.0 Å². The molecule has 0 aliphatic carbocycles. The van der Waals surface area contributed by atoms with E-state index >= 15 is 0 Å². The van der Waals surface area contributed by atoms with Gasteiger partial charge in [-0.3, -0.25) is 9.89 Å². The molecule has 0 unspecified atom stereocenters. The summed E-state index contributed by atoms with van der Waals surface area (Å²) in [5, 5.41) is 13.2. The smallest absolute Gasteiger partial charge is 0.272 e. The van der Waals surface area contributed by atoms with E-state index in [0.717, 1.165) is 30.0 Å². The van der Waals surface area contributed by atoms with Crippen LogP contribution in [0.2, 0.25) is 0 Å². The maximum Gasteiger partial charge on any atom is 0.272 e. The summed E-state index contributed by atoms with van der Waals surface area (Å²) in [4.78, 5) is 12.3. The Balaban J connectivity index is 0.00000243. The second-order valence-electron chi connectivity index (χ2n) is 7.33. The van der Waals surface area contributed by atoms with Gasteiger partial charge < -0.3 is 15.4 Å². The van der Waals surface area contributed by atoms with Crippen LogP contribution in [0.5, 0.6) is 5.75 Å². The predicted octanol–water partition coefficient (Wildman–Crippen LogP) is 2.58. The van der Waals surface area contributed by atoms with E-state index in [0.29, 0.717) is 25.4 Å². The highest BCUT2D eigenvalue weighted by Gasteiger charge is 2.21. The number of H-pyrrole nitrogens is 1. The zero-order valence-electron chi connectivity index (χ0n) is 15.5. The molecule has 2 aromatic rings. The van der Waals surface area contributed by atoms with Crippen LogP contribution in [-0.4, -0.2) is 35.8 Å². The van der Waals surface area contributed by atoms with Crippen LogP contribution >= 0.6 is 12.4 Å². The highest BCUT2D eigenvalue weighted by molar-refractivity contribution is 5.94. The molecule has 0 saturated carbocycles. The van der Waals surface area contributed by atoms with Crippen LogP contribution in [-0.2, 0) is 18.4 Å². The second-order valence-corrected chi connectivity index (χ2v) is 7.33. The van der Waals surface area contributed by atoms with E-state index in [1.54, 1.807) is 0 Å². The van der Waals surface area contributed by atoms with E-state index in [-0.39, 0.29) is 23.7 Å². The third-order valence-corrected chi connectivity index (χ3v) is 4.40. The first-order valence-electron chi connectivity index (χ1n) is 8.73. The molecule has 3 rings (SSSR count). The summed E-state index contributed by atoms with van der Waals surface area (Å²) in [6.07, 6.45) is 0.878. The number of nitrogens with one attached hydrogen (secondary N) is 3. The van der Waals surface area contributed by atoms with Crippen molar-refractivity contribution in [3.63, 3.8) is 0 Å². The van der Waals surface area contributed by atoms with Crippen molar-refractivity contribution in [3.8, 4) is 5.75 Å². The summed E-state index contributed by atoms with van der Waals surface area (Å²) in [6, 6.07) is 8.10. The van der Waals surface area contributed by atoms with Gasteiger partial charge in [-0.05, 0) is 23.1 Å². The molecule has 0 saturated heterocycles. The van der Waals surface area contributed by atoms with Gasteiger partial charge in [-0.25, -0.2) is 0 Å². The molecule has 26 heavy (non-hydrogen) atoms. The monoisotopic (exact) mass is 378 g/mol. The van der Waals surface area contributed by atoms with Gasteiger partial charge in [0.2, 0.25) is 0 Å². The van der Waals surface area contributed by atoms with Crippen molar-refractivity contribution < 1.29 is 9.53 Å². The molecule has 1 aliphatic heterocycles. The number of hydrogen-bond donors (Lipinski definition) is 3. The number of carbonyl (C=O) groups excluding carboxylic acids is 1. The van der Waals surface area contributed by atoms with Crippen molar-refractivity contribution in [1.82, 2.24) is 20.8 Å². The van der Waals surface area contributed by atoms with E-state index in [1.807, 2.05) is 12.1 Å². The molecule has 2 heterocycles. The fourth-order valence-electron chi connectivity index (χ4n) is 2.88. The van der Waals surface area contributed by atoms with Gasteiger partial charge in [0.25, 0.3) is 5.91 Å². The lowest BCUT2D eigenvalue weighted by Crippen LogP contribution is -2.31. The first-order valence-corrected chi connectivity index (χ1v) is 8.73. The van der Waals surface area contributed by atoms with Gasteiger partial charge in [-0.2, -0.15) is 5.10 Å². The Labute approximate surface area is 160 Å². The Morgan fingerprint density at radius 1 is 1.27 bits per heavy atom. The number of halogens is 1. The highest BCUT2D eigenvalue weighted by Crippen LogP contribution is 2.24. The van der Waals surface area contributed by atoms with Crippen LogP contribution < -0.4 is 15.4 Å². The predicted molar refractivity (Wildman–Crippen MR) is 104 cm³/mol. The number of aromatic nitrogens is 2. The summed E-state index contributed by atoms with van der Waals surface area (Å²) >= 11 is 0. The van der Waals surface area contributed by atoms with Gasteiger partial charge in [0.15, 0.2) is 5.69 Å². The summed E-state index contributed by atoms with van der Waals surface area (Å²) in [5.41, 5.74) is 3.91. The van der Waals surface area contributed by atoms with Gasteiger partial charge >= 0.3 is 0 Å². The third kappa shape index (κ3) is 4.77. The molecule has 0 bridgehead atoms. The lowest BCUT2D eigenvalue weighted by atomic mass is 9.87. The average Bonchev–Trinajstić information content (AvgIpc) is 3.02. The molecule has 7 heteroatoms. The zero-order valence-corrected chi connectivity index (χ0v) is 16.3. The number of ether oxygens (including phenoxy) is 1. The van der Waals surface area contributed by atoms with E-state index in [4.69, 9.17) is 4.74 Å². The third-order valence-electron chi connectivity index (χ3n) is 4.40. The number of fused-ring (bicyclic) bond motifs is 1. The fraction of sp³-hybridized carbons (Fsp3) is 0.474. The van der Waals surface area contributed by atoms with Crippen LogP contribution in [0.3, 0.4) is 0 Å². The molecule has 3 N–H and O–H groups in total.